The Kier molecular flexibility index (Phi) is 6.54. The van der Waals surface area contributed by atoms with E-state index in [-0.39, 0.29) is 18.8 Å². The summed E-state index contributed by atoms with van der Waals surface area (Å²) in [5.74, 6) is -3.96. The first-order valence-corrected chi connectivity index (χ1v) is 6.03. The number of aliphatic carboxylic acids is 1. The van der Waals surface area contributed by atoms with Crippen LogP contribution in [0.15, 0.2) is 18.2 Å². The lowest BCUT2D eigenvalue weighted by Gasteiger charge is -2.14. The lowest BCUT2D eigenvalue weighted by atomic mass is 10.2. The minimum atomic E-state index is -1.21. The van der Waals surface area contributed by atoms with Crippen LogP contribution in [0.25, 0.3) is 0 Å². The number of carboxylic acids is 1. The summed E-state index contributed by atoms with van der Waals surface area (Å²) < 4.78 is 35.5. The van der Waals surface area contributed by atoms with E-state index in [2.05, 4.69) is 5.32 Å². The molecule has 1 aromatic carbocycles. The maximum absolute atomic E-state index is 13.3. The second kappa shape index (κ2) is 8.15. The van der Waals surface area contributed by atoms with Crippen LogP contribution in [0.2, 0.25) is 0 Å². The van der Waals surface area contributed by atoms with E-state index in [1.807, 2.05) is 0 Å². The van der Waals surface area contributed by atoms with Crippen LogP contribution in [0.5, 0.6) is 5.75 Å². The third-order valence-electron chi connectivity index (χ3n) is 2.50. The molecule has 1 atom stereocenters. The van der Waals surface area contributed by atoms with Gasteiger partial charge in [-0.15, -0.1) is 0 Å². The molecule has 2 N–H and O–H groups in total. The highest BCUT2D eigenvalue weighted by Crippen LogP contribution is 2.17. The van der Waals surface area contributed by atoms with Gasteiger partial charge in [-0.25, -0.2) is 13.6 Å². The normalized spacial score (nSPS) is 11.8. The largest absolute Gasteiger partial charge is 0.481 e. The Labute approximate surface area is 119 Å². The molecule has 0 aliphatic carbocycles. The van der Waals surface area contributed by atoms with Gasteiger partial charge in [0.2, 0.25) is 0 Å². The molecule has 0 heterocycles. The number of rotatable bonds is 8. The Balaban J connectivity index is 2.50. The van der Waals surface area contributed by atoms with Crippen molar-refractivity contribution in [2.24, 2.45) is 0 Å². The van der Waals surface area contributed by atoms with E-state index >= 15 is 0 Å². The van der Waals surface area contributed by atoms with E-state index in [9.17, 15) is 18.4 Å². The molecule has 0 aliphatic rings. The summed E-state index contributed by atoms with van der Waals surface area (Å²) >= 11 is 0. The van der Waals surface area contributed by atoms with Crippen LogP contribution >= 0.6 is 0 Å². The molecule has 8 heteroatoms. The minimum absolute atomic E-state index is 0.0858. The molecule has 21 heavy (non-hydrogen) atoms. The number of amides is 1. The quantitative estimate of drug-likeness (QED) is 0.747. The Hall–Kier alpha value is -2.22. The van der Waals surface area contributed by atoms with Crippen LogP contribution in [0.3, 0.4) is 0 Å². The number of methoxy groups -OCH3 is 1. The first kappa shape index (κ1) is 16.8. The smallest absolute Gasteiger partial charge is 0.326 e. The van der Waals surface area contributed by atoms with Crippen LogP contribution in [0.1, 0.15) is 6.42 Å². The highest BCUT2D eigenvalue weighted by molar-refractivity contribution is 5.84. The molecular formula is C13H15F2NO5. The summed E-state index contributed by atoms with van der Waals surface area (Å²) in [7, 11) is 1.40. The second-order valence-electron chi connectivity index (χ2n) is 4.10. The van der Waals surface area contributed by atoms with Crippen molar-refractivity contribution < 1.29 is 33.0 Å². The number of hydrogen-bond donors (Lipinski definition) is 2. The van der Waals surface area contributed by atoms with Crippen LogP contribution in [0.4, 0.5) is 8.78 Å². The van der Waals surface area contributed by atoms with Crippen molar-refractivity contribution in [2.45, 2.75) is 12.5 Å². The fraction of sp³-hybridized carbons (Fsp3) is 0.385. The van der Waals surface area contributed by atoms with E-state index in [0.717, 1.165) is 12.1 Å². The molecule has 0 aromatic heterocycles. The zero-order valence-electron chi connectivity index (χ0n) is 11.3. The number of carboxylic acid groups (broad SMARTS) is 1. The Morgan fingerprint density at radius 2 is 2.10 bits per heavy atom. The van der Waals surface area contributed by atoms with Crippen molar-refractivity contribution in [1.82, 2.24) is 5.32 Å². The number of benzene rings is 1. The summed E-state index contributed by atoms with van der Waals surface area (Å²) in [5.41, 5.74) is 0. The fourth-order valence-electron chi connectivity index (χ4n) is 1.46. The van der Waals surface area contributed by atoms with Gasteiger partial charge >= 0.3 is 5.97 Å². The maximum Gasteiger partial charge on any atom is 0.326 e. The van der Waals surface area contributed by atoms with Gasteiger partial charge < -0.3 is 19.9 Å². The van der Waals surface area contributed by atoms with E-state index in [0.29, 0.717) is 6.07 Å². The van der Waals surface area contributed by atoms with Crippen molar-refractivity contribution in [2.75, 3.05) is 20.3 Å². The summed E-state index contributed by atoms with van der Waals surface area (Å²) in [5, 5.41) is 11.1. The van der Waals surface area contributed by atoms with Crippen molar-refractivity contribution in [3.05, 3.63) is 29.8 Å². The third kappa shape index (κ3) is 5.74. The van der Waals surface area contributed by atoms with Gasteiger partial charge in [0, 0.05) is 26.2 Å². The molecule has 1 rings (SSSR count). The van der Waals surface area contributed by atoms with Gasteiger partial charge in [-0.05, 0) is 12.1 Å². The zero-order valence-corrected chi connectivity index (χ0v) is 11.3. The fourth-order valence-corrected chi connectivity index (χ4v) is 1.46. The summed E-state index contributed by atoms with van der Waals surface area (Å²) in [4.78, 5) is 22.4. The molecule has 6 nitrogen and oxygen atoms in total. The van der Waals surface area contributed by atoms with Crippen LogP contribution < -0.4 is 10.1 Å². The molecule has 0 fully saturated rings. The van der Waals surface area contributed by atoms with E-state index in [4.69, 9.17) is 14.6 Å². The van der Waals surface area contributed by atoms with Gasteiger partial charge in [-0.2, -0.15) is 0 Å². The van der Waals surface area contributed by atoms with Gasteiger partial charge in [0.25, 0.3) is 5.91 Å². The average Bonchev–Trinajstić information content (AvgIpc) is 2.42. The SMILES string of the molecule is COCCC(NC(=O)COc1ccc(F)cc1F)C(=O)O. The van der Waals surface area contributed by atoms with Crippen molar-refractivity contribution in [3.63, 3.8) is 0 Å². The molecule has 116 valence electrons. The average molecular weight is 303 g/mol. The topological polar surface area (TPSA) is 84.9 Å². The van der Waals surface area contributed by atoms with Crippen LogP contribution in [-0.4, -0.2) is 43.3 Å². The van der Waals surface area contributed by atoms with E-state index < -0.39 is 36.2 Å². The zero-order chi connectivity index (χ0) is 15.8. The number of ether oxygens (including phenoxy) is 2. The predicted octanol–water partition coefficient (Wildman–Crippen LogP) is 0.949. The molecule has 0 saturated heterocycles. The molecule has 0 bridgehead atoms. The Bertz CT molecular complexity index is 509. The maximum atomic E-state index is 13.3. The number of carbonyl (C=O) groups is 2. The molecule has 0 aliphatic heterocycles. The minimum Gasteiger partial charge on any atom is -0.481 e. The Morgan fingerprint density at radius 3 is 2.67 bits per heavy atom. The van der Waals surface area contributed by atoms with E-state index in [1.165, 1.54) is 7.11 Å². The molecule has 1 unspecified atom stereocenters. The highest BCUT2D eigenvalue weighted by Gasteiger charge is 2.20. The standard InChI is InChI=1S/C13H15F2NO5/c1-20-5-4-10(13(18)19)16-12(17)7-21-11-3-2-8(14)6-9(11)15/h2-3,6,10H,4-5,7H2,1H3,(H,16,17)(H,18,19). The summed E-state index contributed by atoms with van der Waals surface area (Å²) in [6.45, 7) is -0.427. The van der Waals surface area contributed by atoms with Crippen LogP contribution in [-0.2, 0) is 14.3 Å². The predicted molar refractivity (Wildman–Crippen MR) is 67.9 cm³/mol. The number of carbonyl (C=O) groups excluding carboxylic acids is 1. The second-order valence-corrected chi connectivity index (χ2v) is 4.10. The van der Waals surface area contributed by atoms with Crippen LogP contribution in [0, 0.1) is 11.6 Å². The first-order valence-electron chi connectivity index (χ1n) is 6.03. The van der Waals surface area contributed by atoms with Gasteiger partial charge in [0.15, 0.2) is 18.2 Å². The lowest BCUT2D eigenvalue weighted by molar-refractivity contribution is -0.142. The third-order valence-corrected chi connectivity index (χ3v) is 2.50. The van der Waals surface area contributed by atoms with Gasteiger partial charge in [0.1, 0.15) is 11.9 Å². The summed E-state index contributed by atoms with van der Waals surface area (Å²) in [6, 6.07) is 1.51. The highest BCUT2D eigenvalue weighted by atomic mass is 19.1. The molecule has 1 amide bonds. The number of halogens is 2. The first-order chi connectivity index (χ1) is 9.93. The molecule has 1 aromatic rings. The monoisotopic (exact) mass is 303 g/mol. The Morgan fingerprint density at radius 1 is 1.38 bits per heavy atom. The summed E-state index contributed by atoms with van der Waals surface area (Å²) in [6.07, 6.45) is 0.0858. The van der Waals surface area contributed by atoms with Gasteiger partial charge in [-0.1, -0.05) is 0 Å². The van der Waals surface area contributed by atoms with Gasteiger partial charge in [-0.3, -0.25) is 4.79 Å². The van der Waals surface area contributed by atoms with Crippen molar-refractivity contribution in [3.8, 4) is 5.75 Å². The molecule has 0 radical (unpaired) electrons. The van der Waals surface area contributed by atoms with Crippen molar-refractivity contribution >= 4 is 11.9 Å². The number of nitrogens with one attached hydrogen (secondary N) is 1. The van der Waals surface area contributed by atoms with Crippen molar-refractivity contribution in [1.29, 1.82) is 0 Å². The number of hydrogen-bond acceptors (Lipinski definition) is 4. The van der Waals surface area contributed by atoms with E-state index in [1.54, 1.807) is 0 Å². The molecule has 0 spiro atoms. The molecular weight excluding hydrogens is 288 g/mol. The molecule has 0 saturated carbocycles. The van der Waals surface area contributed by atoms with Gasteiger partial charge in [0.05, 0.1) is 0 Å². The lowest BCUT2D eigenvalue weighted by Crippen LogP contribution is -2.43.